The van der Waals surface area contributed by atoms with E-state index in [1.54, 1.807) is 17.9 Å². The first kappa shape index (κ1) is 34.8. The van der Waals surface area contributed by atoms with Crippen molar-refractivity contribution in [3.63, 3.8) is 0 Å². The Bertz CT molecular complexity index is 1960. The van der Waals surface area contributed by atoms with Crippen LogP contribution in [-0.2, 0) is 30.8 Å². The Balaban J connectivity index is 1.19. The van der Waals surface area contributed by atoms with Crippen molar-refractivity contribution in [1.82, 2.24) is 14.6 Å². The molecule has 3 heterocycles. The normalized spacial score (nSPS) is 29.0. The van der Waals surface area contributed by atoms with Gasteiger partial charge in [0, 0.05) is 18.8 Å². The number of rotatable bonds is 7. The number of ketones is 1. The molecule has 5 atom stereocenters. The van der Waals surface area contributed by atoms with E-state index in [4.69, 9.17) is 4.74 Å². The second-order valence-electron chi connectivity index (χ2n) is 15.0. The number of aromatic nitrogens is 1. The van der Waals surface area contributed by atoms with Crippen LogP contribution in [-0.4, -0.2) is 59.3 Å². The lowest BCUT2D eigenvalue weighted by atomic mass is 9.90. The van der Waals surface area contributed by atoms with Gasteiger partial charge in [0.15, 0.2) is 5.78 Å². The molecule has 3 aromatic rings. The third kappa shape index (κ3) is 7.10. The number of carbonyl (C=O) groups is 3. The number of sulfonamides is 1. The molecule has 0 spiro atoms. The van der Waals surface area contributed by atoms with Crippen molar-refractivity contribution >= 4 is 49.2 Å². The van der Waals surface area contributed by atoms with Gasteiger partial charge < -0.3 is 9.64 Å². The number of nitrogens with one attached hydrogen (secondary N) is 1. The monoisotopic (exact) mass is 721 g/mol. The highest BCUT2D eigenvalue weighted by molar-refractivity contribution is 7.91. The number of amides is 2. The van der Waals surface area contributed by atoms with Gasteiger partial charge in [0.2, 0.25) is 21.8 Å². The Labute approximate surface area is 296 Å². The molecule has 7 rings (SSSR count). The van der Waals surface area contributed by atoms with E-state index < -0.39 is 44.2 Å². The van der Waals surface area contributed by atoms with Gasteiger partial charge in [-0.3, -0.25) is 19.1 Å². The Morgan fingerprint density at radius 1 is 1.14 bits per heavy atom. The average Bonchev–Trinajstić information content (AvgIpc) is 3.88. The first-order valence-electron chi connectivity index (χ1n) is 17.7. The van der Waals surface area contributed by atoms with Gasteiger partial charge in [0.05, 0.1) is 33.0 Å². The maximum absolute atomic E-state index is 14.5. The number of ether oxygens (including phenoxy) is 1. The van der Waals surface area contributed by atoms with E-state index in [1.165, 1.54) is 23.5 Å². The zero-order valence-corrected chi connectivity index (χ0v) is 30.2. The number of halogens is 1. The maximum Gasteiger partial charge on any atom is 0.274 e. The van der Waals surface area contributed by atoms with E-state index in [9.17, 15) is 27.2 Å². The molecule has 1 saturated heterocycles. The molecule has 4 aliphatic rings. The first-order valence-corrected chi connectivity index (χ1v) is 20.0. The van der Waals surface area contributed by atoms with Crippen LogP contribution in [0.25, 0.3) is 10.2 Å². The summed E-state index contributed by atoms with van der Waals surface area (Å²) >= 11 is 1.41. The Hall–Kier alpha value is -3.64. The number of carbonyl (C=O) groups excluding carboxylic acids is 3. The Morgan fingerprint density at radius 3 is 2.74 bits per heavy atom. The molecule has 9 nitrogen and oxygen atoms in total. The Kier molecular flexibility index (Phi) is 9.38. The lowest BCUT2D eigenvalue weighted by Crippen LogP contribution is -2.47. The molecule has 3 fully saturated rings. The van der Waals surface area contributed by atoms with Crippen LogP contribution in [0.3, 0.4) is 0 Å². The highest BCUT2D eigenvalue weighted by Gasteiger charge is 2.62. The minimum atomic E-state index is -3.91. The van der Waals surface area contributed by atoms with E-state index in [2.05, 4.69) is 9.71 Å². The topological polar surface area (TPSA) is 123 Å². The average molecular weight is 722 g/mol. The summed E-state index contributed by atoms with van der Waals surface area (Å²) in [5, 5.41) is 0.455. The zero-order chi connectivity index (χ0) is 35.3. The van der Waals surface area contributed by atoms with Crippen molar-refractivity contribution in [2.45, 2.75) is 101 Å². The number of fused-ring (bicyclic) bond motifs is 3. The van der Waals surface area contributed by atoms with Crippen LogP contribution in [0.5, 0.6) is 5.19 Å². The summed E-state index contributed by atoms with van der Waals surface area (Å²) in [7, 11) is -3.91. The lowest BCUT2D eigenvalue weighted by molar-refractivity contribution is -0.142. The van der Waals surface area contributed by atoms with E-state index in [-0.39, 0.29) is 42.8 Å². The molecule has 2 aromatic carbocycles. The van der Waals surface area contributed by atoms with Gasteiger partial charge in [-0.05, 0) is 100 Å². The molecular formula is C38H44FN3O6S2. The highest BCUT2D eigenvalue weighted by atomic mass is 32.2. The molecule has 2 amide bonds. The van der Waals surface area contributed by atoms with E-state index in [0.717, 1.165) is 41.5 Å². The summed E-state index contributed by atoms with van der Waals surface area (Å²) in [5.74, 6) is -2.25. The van der Waals surface area contributed by atoms with E-state index in [0.29, 0.717) is 42.9 Å². The predicted octanol–water partition coefficient (Wildman–Crippen LogP) is 6.44. The number of hydrogen-bond acceptors (Lipinski definition) is 8. The van der Waals surface area contributed by atoms with Crippen molar-refractivity contribution in [1.29, 1.82) is 0 Å². The van der Waals surface area contributed by atoms with Crippen molar-refractivity contribution in [3.8, 4) is 5.19 Å². The molecule has 12 heteroatoms. The van der Waals surface area contributed by atoms with Gasteiger partial charge in [0.25, 0.3) is 5.19 Å². The molecule has 2 aliphatic heterocycles. The smallest absolute Gasteiger partial charge is 0.274 e. The quantitative estimate of drug-likeness (QED) is 0.279. The predicted molar refractivity (Wildman–Crippen MR) is 190 cm³/mol. The number of allylic oxidation sites excluding steroid dienone is 2. The van der Waals surface area contributed by atoms with Gasteiger partial charge in [-0.1, -0.05) is 54.5 Å². The summed E-state index contributed by atoms with van der Waals surface area (Å²) in [5.41, 5.74) is 1.42. The van der Waals surface area contributed by atoms with Crippen molar-refractivity contribution in [2.24, 2.45) is 17.3 Å². The number of thiazole rings is 1. The number of benzene rings is 2. The Morgan fingerprint density at radius 2 is 1.96 bits per heavy atom. The molecule has 266 valence electrons. The van der Waals surface area contributed by atoms with Crippen LogP contribution in [0.2, 0.25) is 0 Å². The van der Waals surface area contributed by atoms with Gasteiger partial charge in [-0.25, -0.2) is 17.8 Å². The second kappa shape index (κ2) is 13.5. The molecular weight excluding hydrogens is 678 g/mol. The molecule has 0 radical (unpaired) electrons. The number of Topliss-reactive ketones (excluding diaryl/α,β-unsaturated/α-hetero) is 1. The van der Waals surface area contributed by atoms with Crippen molar-refractivity contribution in [3.05, 3.63) is 71.6 Å². The standard InChI is InChI=1S/C38H44FN3O6S2/c1-24-13-14-30-33(17-24)49-36(40-30)48-29-20-31-32(43)22-38(35(45)41-50(46,47)37(2)15-16-37)21-27(38)11-7-5-3-4-6-10-26(34(44)42(31)23-29)18-25-9-8-12-28(39)19-25/h7-9,11-14,17,19,26-27,29,31H,3-6,10,15-16,18,20-23H2,1-2H3,(H,41,45)/b11-7-/t26-,27+,29-,31+,38-/m1/s1. The fraction of sp³-hybridized carbons (Fsp3) is 0.526. The second-order valence-corrected chi connectivity index (χ2v) is 18.2. The summed E-state index contributed by atoms with van der Waals surface area (Å²) in [4.78, 5) is 49.0. The molecule has 2 saturated carbocycles. The fourth-order valence-corrected chi connectivity index (χ4v) is 9.88. The van der Waals surface area contributed by atoms with Gasteiger partial charge in [-0.15, -0.1) is 0 Å². The van der Waals surface area contributed by atoms with E-state index in [1.807, 2.05) is 43.3 Å². The maximum atomic E-state index is 14.5. The third-order valence-electron chi connectivity index (χ3n) is 11.1. The van der Waals surface area contributed by atoms with E-state index >= 15 is 0 Å². The summed E-state index contributed by atoms with van der Waals surface area (Å²) in [6, 6.07) is 11.4. The van der Waals surface area contributed by atoms with Crippen molar-refractivity contribution in [2.75, 3.05) is 6.54 Å². The van der Waals surface area contributed by atoms with Crippen molar-refractivity contribution < 1.29 is 31.9 Å². The van der Waals surface area contributed by atoms with Crippen LogP contribution in [0.15, 0.2) is 54.6 Å². The fourth-order valence-electron chi connectivity index (χ4n) is 7.57. The van der Waals surface area contributed by atoms with Crippen LogP contribution in [0, 0.1) is 30.0 Å². The van der Waals surface area contributed by atoms with Crippen LogP contribution < -0.4 is 9.46 Å². The minimum Gasteiger partial charge on any atom is -0.465 e. The zero-order valence-electron chi connectivity index (χ0n) is 28.5. The largest absolute Gasteiger partial charge is 0.465 e. The molecule has 2 aliphatic carbocycles. The van der Waals surface area contributed by atoms with Crippen LogP contribution in [0.4, 0.5) is 4.39 Å². The molecule has 0 bridgehead atoms. The molecule has 0 unspecified atom stereocenters. The molecule has 1 N–H and O–H groups in total. The number of nitrogens with zero attached hydrogens (tertiary/aromatic N) is 2. The number of aryl methyl sites for hydroxylation is 1. The van der Waals surface area contributed by atoms with Crippen LogP contribution in [0.1, 0.15) is 82.3 Å². The lowest BCUT2D eigenvalue weighted by Gasteiger charge is -2.29. The molecule has 50 heavy (non-hydrogen) atoms. The third-order valence-corrected chi connectivity index (χ3v) is 14.2. The van der Waals surface area contributed by atoms with Crippen LogP contribution >= 0.6 is 11.3 Å². The first-order chi connectivity index (χ1) is 23.9. The number of hydrogen-bond donors (Lipinski definition) is 1. The summed E-state index contributed by atoms with van der Waals surface area (Å²) in [6.45, 7) is 3.80. The molecule has 1 aromatic heterocycles. The van der Waals surface area contributed by atoms with Gasteiger partial charge in [-0.2, -0.15) is 0 Å². The van der Waals surface area contributed by atoms with Gasteiger partial charge in [0.1, 0.15) is 11.9 Å². The summed E-state index contributed by atoms with van der Waals surface area (Å²) in [6.07, 6.45) is 9.11. The SMILES string of the molecule is Cc1ccc2nc(O[C@@H]3C[C@H]4C(=O)C[C@]5(C(=O)NS(=O)(=O)C6(C)CC6)C[C@@H]5/C=C\CCCCC[C@H](Cc5cccc(F)c5)C(=O)N4C3)sc2c1. The highest BCUT2D eigenvalue weighted by Crippen LogP contribution is 2.57. The summed E-state index contributed by atoms with van der Waals surface area (Å²) < 4.78 is 49.1. The minimum absolute atomic E-state index is 0.166. The van der Waals surface area contributed by atoms with Gasteiger partial charge >= 0.3 is 0 Å².